The van der Waals surface area contributed by atoms with E-state index in [2.05, 4.69) is 18.3 Å². The van der Waals surface area contributed by atoms with Gasteiger partial charge in [0.05, 0.1) is 12.2 Å². The zero-order chi connectivity index (χ0) is 10.2. The van der Waals surface area contributed by atoms with E-state index in [0.29, 0.717) is 18.6 Å². The summed E-state index contributed by atoms with van der Waals surface area (Å²) in [5.74, 6) is 0. The van der Waals surface area contributed by atoms with Crippen LogP contribution in [0.15, 0.2) is 0 Å². The molecule has 3 nitrogen and oxygen atoms in total. The monoisotopic (exact) mass is 196 g/mol. The molecule has 0 bridgehead atoms. The number of unbranched alkanes of at least 4 members (excludes halogenated alkanes) is 2. The van der Waals surface area contributed by atoms with Gasteiger partial charge in [-0.1, -0.05) is 0 Å². The molecule has 2 unspecified atom stereocenters. The van der Waals surface area contributed by atoms with Gasteiger partial charge in [-0.3, -0.25) is 0 Å². The maximum absolute atomic E-state index is 8.36. The van der Waals surface area contributed by atoms with E-state index in [1.54, 1.807) is 0 Å². The summed E-state index contributed by atoms with van der Waals surface area (Å²) in [6, 6.07) is 2.62. The van der Waals surface area contributed by atoms with Crippen molar-refractivity contribution < 1.29 is 4.74 Å². The number of hydrogen-bond donors (Lipinski definition) is 1. The van der Waals surface area contributed by atoms with E-state index in [1.165, 1.54) is 12.8 Å². The van der Waals surface area contributed by atoms with Gasteiger partial charge in [0.2, 0.25) is 0 Å². The summed E-state index contributed by atoms with van der Waals surface area (Å²) >= 11 is 0. The van der Waals surface area contributed by atoms with Gasteiger partial charge < -0.3 is 10.1 Å². The molecule has 0 aromatic rings. The number of ether oxygens (including phenoxy) is 1. The van der Waals surface area contributed by atoms with E-state index < -0.39 is 0 Å². The molecular weight excluding hydrogens is 176 g/mol. The molecule has 2 atom stereocenters. The zero-order valence-corrected chi connectivity index (χ0v) is 8.96. The summed E-state index contributed by atoms with van der Waals surface area (Å²) in [6.07, 6.45) is 5.56. The van der Waals surface area contributed by atoms with Crippen LogP contribution >= 0.6 is 0 Å². The molecule has 80 valence electrons. The molecule has 1 heterocycles. The molecule has 0 radical (unpaired) electrons. The molecule has 1 N–H and O–H groups in total. The van der Waals surface area contributed by atoms with Crippen molar-refractivity contribution in [1.29, 1.82) is 5.26 Å². The molecule has 1 saturated heterocycles. The van der Waals surface area contributed by atoms with Crippen LogP contribution in [0.1, 0.15) is 39.0 Å². The van der Waals surface area contributed by atoms with E-state index in [0.717, 1.165) is 26.0 Å². The van der Waals surface area contributed by atoms with Crippen LogP contribution in [0.3, 0.4) is 0 Å². The highest BCUT2D eigenvalue weighted by molar-refractivity contribution is 4.76. The van der Waals surface area contributed by atoms with Crippen LogP contribution in [0.5, 0.6) is 0 Å². The van der Waals surface area contributed by atoms with Crippen LogP contribution < -0.4 is 5.32 Å². The second kappa shape index (κ2) is 6.80. The van der Waals surface area contributed by atoms with Crippen molar-refractivity contribution in [2.75, 3.05) is 13.2 Å². The number of nitrogens with zero attached hydrogens (tertiary/aromatic N) is 1. The minimum atomic E-state index is 0.408. The van der Waals surface area contributed by atoms with Crippen LogP contribution in [-0.2, 0) is 4.74 Å². The van der Waals surface area contributed by atoms with Crippen molar-refractivity contribution in [1.82, 2.24) is 5.32 Å². The van der Waals surface area contributed by atoms with Gasteiger partial charge in [0.15, 0.2) is 0 Å². The van der Waals surface area contributed by atoms with E-state index in [1.807, 2.05) is 0 Å². The topological polar surface area (TPSA) is 45.0 Å². The first kappa shape index (κ1) is 11.5. The smallest absolute Gasteiger partial charge is 0.0726 e. The third kappa shape index (κ3) is 4.08. The summed E-state index contributed by atoms with van der Waals surface area (Å²) in [5, 5.41) is 11.8. The fraction of sp³-hybridized carbons (Fsp3) is 0.909. The van der Waals surface area contributed by atoms with Crippen LogP contribution in [-0.4, -0.2) is 25.3 Å². The highest BCUT2D eigenvalue weighted by Crippen LogP contribution is 2.15. The first-order valence-electron chi connectivity index (χ1n) is 5.56. The Morgan fingerprint density at radius 1 is 1.57 bits per heavy atom. The molecule has 1 fully saturated rings. The van der Waals surface area contributed by atoms with E-state index in [9.17, 15) is 0 Å². The highest BCUT2D eigenvalue weighted by Gasteiger charge is 2.21. The molecule has 1 aliphatic heterocycles. The molecule has 0 aromatic carbocycles. The maximum atomic E-state index is 8.36. The maximum Gasteiger partial charge on any atom is 0.0726 e. The minimum Gasteiger partial charge on any atom is -0.377 e. The second-order valence-corrected chi connectivity index (χ2v) is 3.91. The predicted molar refractivity (Wildman–Crippen MR) is 55.9 cm³/mol. The van der Waals surface area contributed by atoms with Crippen LogP contribution in [0.2, 0.25) is 0 Å². The molecule has 0 aromatic heterocycles. The van der Waals surface area contributed by atoms with Gasteiger partial charge in [-0.15, -0.1) is 0 Å². The van der Waals surface area contributed by atoms with Gasteiger partial charge >= 0.3 is 0 Å². The predicted octanol–water partition coefficient (Wildman–Crippen LogP) is 1.84. The average Bonchev–Trinajstić information content (AvgIpc) is 2.70. The molecule has 0 aliphatic carbocycles. The Kier molecular flexibility index (Phi) is 5.58. The highest BCUT2D eigenvalue weighted by atomic mass is 16.5. The zero-order valence-electron chi connectivity index (χ0n) is 8.96. The van der Waals surface area contributed by atoms with Crippen LogP contribution in [0, 0.1) is 11.3 Å². The van der Waals surface area contributed by atoms with Gasteiger partial charge in [0.25, 0.3) is 0 Å². The third-order valence-electron chi connectivity index (χ3n) is 2.70. The molecule has 14 heavy (non-hydrogen) atoms. The third-order valence-corrected chi connectivity index (χ3v) is 2.70. The molecule has 0 amide bonds. The van der Waals surface area contributed by atoms with E-state index >= 15 is 0 Å². The van der Waals surface area contributed by atoms with E-state index in [4.69, 9.17) is 10.00 Å². The van der Waals surface area contributed by atoms with Gasteiger partial charge in [0.1, 0.15) is 0 Å². The Morgan fingerprint density at radius 2 is 2.43 bits per heavy atom. The number of hydrogen-bond acceptors (Lipinski definition) is 3. The minimum absolute atomic E-state index is 0.408. The normalized spacial score (nSPS) is 23.3. The Hall–Kier alpha value is -0.590. The molecule has 1 aliphatic rings. The lowest BCUT2D eigenvalue weighted by Crippen LogP contribution is -2.37. The standard InChI is InChI=1S/C11H20N2O/c1-10(11-6-5-9-14-11)13-8-4-2-3-7-12/h10-11,13H,2-6,8-9H2,1H3. The van der Waals surface area contributed by atoms with Crippen molar-refractivity contribution >= 4 is 0 Å². The lowest BCUT2D eigenvalue weighted by atomic mass is 10.1. The van der Waals surface area contributed by atoms with Crippen molar-refractivity contribution in [2.45, 2.75) is 51.2 Å². The number of rotatable bonds is 6. The molecule has 0 saturated carbocycles. The van der Waals surface area contributed by atoms with Crippen molar-refractivity contribution in [3.8, 4) is 6.07 Å². The van der Waals surface area contributed by atoms with Crippen molar-refractivity contribution in [3.63, 3.8) is 0 Å². The quantitative estimate of drug-likeness (QED) is 0.659. The lowest BCUT2D eigenvalue weighted by Gasteiger charge is -2.19. The first-order valence-corrected chi connectivity index (χ1v) is 5.56. The summed E-state index contributed by atoms with van der Waals surface area (Å²) in [5.41, 5.74) is 0. The molecule has 0 spiro atoms. The summed E-state index contributed by atoms with van der Waals surface area (Å²) in [7, 11) is 0. The fourth-order valence-electron chi connectivity index (χ4n) is 1.79. The van der Waals surface area contributed by atoms with Crippen molar-refractivity contribution in [3.05, 3.63) is 0 Å². The molecular formula is C11H20N2O. The second-order valence-electron chi connectivity index (χ2n) is 3.91. The van der Waals surface area contributed by atoms with Gasteiger partial charge in [-0.05, 0) is 39.2 Å². The summed E-state index contributed by atoms with van der Waals surface area (Å²) in [4.78, 5) is 0. The van der Waals surface area contributed by atoms with Crippen molar-refractivity contribution in [2.24, 2.45) is 0 Å². The summed E-state index contributed by atoms with van der Waals surface area (Å²) in [6.45, 7) is 4.11. The number of nitriles is 1. The SMILES string of the molecule is CC(NCCCCC#N)C1CCCO1. The summed E-state index contributed by atoms with van der Waals surface area (Å²) < 4.78 is 5.58. The Balaban J connectivity index is 1.97. The largest absolute Gasteiger partial charge is 0.377 e. The van der Waals surface area contributed by atoms with Gasteiger partial charge in [-0.25, -0.2) is 0 Å². The van der Waals surface area contributed by atoms with Crippen LogP contribution in [0.4, 0.5) is 0 Å². The number of nitrogens with one attached hydrogen (secondary N) is 1. The molecule has 1 rings (SSSR count). The first-order chi connectivity index (χ1) is 6.84. The Bertz CT molecular complexity index is 182. The van der Waals surface area contributed by atoms with E-state index in [-0.39, 0.29) is 0 Å². The van der Waals surface area contributed by atoms with Crippen LogP contribution in [0.25, 0.3) is 0 Å². The Morgan fingerprint density at radius 3 is 3.07 bits per heavy atom. The van der Waals surface area contributed by atoms with Gasteiger partial charge in [0, 0.05) is 19.1 Å². The Labute approximate surface area is 86.4 Å². The fourth-order valence-corrected chi connectivity index (χ4v) is 1.79. The lowest BCUT2D eigenvalue weighted by molar-refractivity contribution is 0.0837. The molecule has 3 heteroatoms. The average molecular weight is 196 g/mol. The van der Waals surface area contributed by atoms with Gasteiger partial charge in [-0.2, -0.15) is 5.26 Å².